The van der Waals surface area contributed by atoms with Crippen LogP contribution in [-0.2, 0) is 4.79 Å². The highest BCUT2D eigenvalue weighted by molar-refractivity contribution is 5.56. The Labute approximate surface area is 94.5 Å². The van der Waals surface area contributed by atoms with E-state index in [1.807, 2.05) is 0 Å². The van der Waals surface area contributed by atoms with Crippen molar-refractivity contribution in [3.8, 4) is 6.07 Å². The van der Waals surface area contributed by atoms with E-state index < -0.39 is 0 Å². The van der Waals surface area contributed by atoms with Crippen molar-refractivity contribution >= 4 is 12.1 Å². The van der Waals surface area contributed by atoms with E-state index >= 15 is 0 Å². The van der Waals surface area contributed by atoms with Gasteiger partial charge in [-0.15, -0.1) is 0 Å². The second-order valence-electron chi connectivity index (χ2n) is 4.00. The molecule has 16 heavy (non-hydrogen) atoms. The van der Waals surface area contributed by atoms with Crippen molar-refractivity contribution in [1.29, 1.82) is 5.26 Å². The van der Waals surface area contributed by atoms with Crippen LogP contribution in [0.2, 0.25) is 0 Å². The first-order valence-electron chi connectivity index (χ1n) is 5.40. The summed E-state index contributed by atoms with van der Waals surface area (Å²) in [5.74, 6) is 0.895. The number of nitriles is 1. The van der Waals surface area contributed by atoms with Crippen LogP contribution >= 0.6 is 0 Å². The van der Waals surface area contributed by atoms with Gasteiger partial charge in [-0.25, -0.2) is 4.98 Å². The Morgan fingerprint density at radius 2 is 2.50 bits per heavy atom. The van der Waals surface area contributed by atoms with E-state index in [0.29, 0.717) is 12.1 Å². The molecule has 0 aliphatic carbocycles. The number of piperidine rings is 1. The van der Waals surface area contributed by atoms with Crippen LogP contribution in [0.4, 0.5) is 5.82 Å². The van der Waals surface area contributed by atoms with Crippen LogP contribution in [0.15, 0.2) is 18.3 Å². The molecule has 0 N–H and O–H groups in total. The number of anilines is 1. The zero-order valence-electron chi connectivity index (χ0n) is 8.97. The van der Waals surface area contributed by atoms with E-state index in [1.165, 1.54) is 0 Å². The Balaban J connectivity index is 2.17. The van der Waals surface area contributed by atoms with Gasteiger partial charge >= 0.3 is 0 Å². The molecule has 82 valence electrons. The number of hydrogen-bond acceptors (Lipinski definition) is 4. The molecular formula is C12H13N3O. The number of rotatable bonds is 2. The number of aldehydes is 1. The number of pyridine rings is 1. The highest BCUT2D eigenvalue weighted by atomic mass is 16.1. The fourth-order valence-electron chi connectivity index (χ4n) is 1.99. The van der Waals surface area contributed by atoms with Crippen molar-refractivity contribution in [1.82, 2.24) is 4.98 Å². The SMILES string of the molecule is N#Cc1ccnc(N2CCCC(C=O)C2)c1. The predicted molar refractivity (Wildman–Crippen MR) is 60.0 cm³/mol. The number of carbonyl (C=O) groups is 1. The lowest BCUT2D eigenvalue weighted by molar-refractivity contribution is -0.111. The van der Waals surface area contributed by atoms with E-state index in [4.69, 9.17) is 5.26 Å². The summed E-state index contributed by atoms with van der Waals surface area (Å²) < 4.78 is 0. The molecule has 1 aromatic rings. The van der Waals surface area contributed by atoms with Crippen molar-refractivity contribution < 1.29 is 4.79 Å². The average Bonchev–Trinajstić information content (AvgIpc) is 2.39. The highest BCUT2D eigenvalue weighted by Crippen LogP contribution is 2.20. The van der Waals surface area contributed by atoms with Crippen molar-refractivity contribution in [3.05, 3.63) is 23.9 Å². The van der Waals surface area contributed by atoms with Crippen molar-refractivity contribution in [2.75, 3.05) is 18.0 Å². The zero-order valence-corrected chi connectivity index (χ0v) is 8.97. The number of aromatic nitrogens is 1. The second kappa shape index (κ2) is 4.75. The molecule has 1 aliphatic rings. The summed E-state index contributed by atoms with van der Waals surface area (Å²) in [6.45, 7) is 1.62. The van der Waals surface area contributed by atoms with Gasteiger partial charge in [-0.3, -0.25) is 0 Å². The Kier molecular flexibility index (Phi) is 3.16. The third-order valence-corrected chi connectivity index (χ3v) is 2.85. The third-order valence-electron chi connectivity index (χ3n) is 2.85. The molecule has 4 heteroatoms. The molecule has 0 spiro atoms. The van der Waals surface area contributed by atoms with Gasteiger partial charge < -0.3 is 9.69 Å². The van der Waals surface area contributed by atoms with Gasteiger partial charge in [-0.05, 0) is 25.0 Å². The van der Waals surface area contributed by atoms with Gasteiger partial charge in [-0.1, -0.05) is 0 Å². The van der Waals surface area contributed by atoms with E-state index in [2.05, 4.69) is 16.0 Å². The first kappa shape index (κ1) is 10.6. The lowest BCUT2D eigenvalue weighted by Crippen LogP contribution is -2.36. The predicted octanol–water partition coefficient (Wildman–Crippen LogP) is 1.37. The van der Waals surface area contributed by atoms with E-state index in [9.17, 15) is 4.79 Å². The molecule has 0 amide bonds. The minimum absolute atomic E-state index is 0.0984. The minimum atomic E-state index is 0.0984. The summed E-state index contributed by atoms with van der Waals surface area (Å²) in [6.07, 6.45) is 4.61. The quantitative estimate of drug-likeness (QED) is 0.699. The van der Waals surface area contributed by atoms with Crippen LogP contribution in [0.25, 0.3) is 0 Å². The molecule has 2 rings (SSSR count). The van der Waals surface area contributed by atoms with Crippen LogP contribution < -0.4 is 4.90 Å². The number of hydrogen-bond donors (Lipinski definition) is 0. The van der Waals surface area contributed by atoms with E-state index in [1.54, 1.807) is 18.3 Å². The molecule has 2 heterocycles. The van der Waals surface area contributed by atoms with Gasteiger partial charge in [0.15, 0.2) is 0 Å². The molecule has 4 nitrogen and oxygen atoms in total. The van der Waals surface area contributed by atoms with Gasteiger partial charge in [0.05, 0.1) is 11.6 Å². The second-order valence-corrected chi connectivity index (χ2v) is 4.00. The fraction of sp³-hybridized carbons (Fsp3) is 0.417. The monoisotopic (exact) mass is 215 g/mol. The van der Waals surface area contributed by atoms with Crippen molar-refractivity contribution in [2.24, 2.45) is 5.92 Å². The average molecular weight is 215 g/mol. The Morgan fingerprint density at radius 3 is 3.25 bits per heavy atom. The molecule has 0 bridgehead atoms. The summed E-state index contributed by atoms with van der Waals surface area (Å²) in [5, 5.41) is 8.81. The maximum absolute atomic E-state index is 10.8. The van der Waals surface area contributed by atoms with Crippen molar-refractivity contribution in [3.63, 3.8) is 0 Å². The first-order valence-corrected chi connectivity index (χ1v) is 5.40. The van der Waals surface area contributed by atoms with Gasteiger partial charge in [0, 0.05) is 25.2 Å². The standard InChI is InChI=1S/C12H13N3O/c13-7-10-3-4-14-12(6-10)15-5-1-2-11(8-15)9-16/h3-4,6,9,11H,1-2,5,8H2. The summed E-state index contributed by atoms with van der Waals surface area (Å²) >= 11 is 0. The number of carbonyl (C=O) groups excluding carboxylic acids is 1. The Bertz CT molecular complexity index is 425. The van der Waals surface area contributed by atoms with Gasteiger partial charge in [0.1, 0.15) is 12.1 Å². The molecule has 1 saturated heterocycles. The first-order chi connectivity index (χ1) is 7.83. The fourth-order valence-corrected chi connectivity index (χ4v) is 1.99. The largest absolute Gasteiger partial charge is 0.356 e. The molecule has 1 aromatic heterocycles. The summed E-state index contributed by atoms with van der Waals surface area (Å²) in [6, 6.07) is 5.55. The normalized spacial score (nSPS) is 20.2. The summed E-state index contributed by atoms with van der Waals surface area (Å²) in [7, 11) is 0. The maximum Gasteiger partial charge on any atom is 0.129 e. The lowest BCUT2D eigenvalue weighted by atomic mass is 10.00. The maximum atomic E-state index is 10.8. The summed E-state index contributed by atoms with van der Waals surface area (Å²) in [4.78, 5) is 17.1. The molecule has 1 aliphatic heterocycles. The van der Waals surface area contributed by atoms with E-state index in [0.717, 1.165) is 31.5 Å². The van der Waals surface area contributed by atoms with Crippen LogP contribution in [0, 0.1) is 17.2 Å². The van der Waals surface area contributed by atoms with Gasteiger partial charge in [0.2, 0.25) is 0 Å². The lowest BCUT2D eigenvalue weighted by Gasteiger charge is -2.31. The van der Waals surface area contributed by atoms with Crippen LogP contribution in [0.5, 0.6) is 0 Å². The highest BCUT2D eigenvalue weighted by Gasteiger charge is 2.20. The minimum Gasteiger partial charge on any atom is -0.356 e. The van der Waals surface area contributed by atoms with Crippen LogP contribution in [0.1, 0.15) is 18.4 Å². The molecular weight excluding hydrogens is 202 g/mol. The molecule has 1 fully saturated rings. The molecule has 1 atom stereocenters. The van der Waals surface area contributed by atoms with Crippen LogP contribution in [0.3, 0.4) is 0 Å². The van der Waals surface area contributed by atoms with Gasteiger partial charge in [-0.2, -0.15) is 5.26 Å². The van der Waals surface area contributed by atoms with Crippen LogP contribution in [-0.4, -0.2) is 24.4 Å². The number of nitrogens with zero attached hydrogens (tertiary/aromatic N) is 3. The van der Waals surface area contributed by atoms with Gasteiger partial charge in [0.25, 0.3) is 0 Å². The van der Waals surface area contributed by atoms with E-state index in [-0.39, 0.29) is 5.92 Å². The third kappa shape index (κ3) is 2.19. The molecule has 0 radical (unpaired) electrons. The summed E-state index contributed by atoms with van der Waals surface area (Å²) in [5.41, 5.74) is 0.609. The zero-order chi connectivity index (χ0) is 11.4. The molecule has 0 aromatic carbocycles. The Hall–Kier alpha value is -1.89. The van der Waals surface area contributed by atoms with Crippen molar-refractivity contribution in [2.45, 2.75) is 12.8 Å². The molecule has 0 saturated carbocycles. The smallest absolute Gasteiger partial charge is 0.129 e. The topological polar surface area (TPSA) is 57.0 Å². The molecule has 1 unspecified atom stereocenters. The Morgan fingerprint density at radius 1 is 1.62 bits per heavy atom.